The zero-order valence-corrected chi connectivity index (χ0v) is 11.3. The minimum atomic E-state index is -0.308. The summed E-state index contributed by atoms with van der Waals surface area (Å²) in [6, 6.07) is 8.23. The molecule has 2 unspecified atom stereocenters. The van der Waals surface area contributed by atoms with E-state index in [1.54, 1.807) is 11.8 Å². The van der Waals surface area contributed by atoms with Gasteiger partial charge in [-0.1, -0.05) is 38.8 Å². The van der Waals surface area contributed by atoms with Gasteiger partial charge >= 0.3 is 0 Å². The molecule has 0 amide bonds. The highest BCUT2D eigenvalue weighted by atomic mass is 32.2. The predicted molar refractivity (Wildman–Crippen MR) is 71.9 cm³/mol. The fourth-order valence-corrected chi connectivity index (χ4v) is 2.36. The summed E-state index contributed by atoms with van der Waals surface area (Å²) in [7, 11) is 0. The zero-order valence-electron chi connectivity index (χ0n) is 10.4. The van der Waals surface area contributed by atoms with Gasteiger partial charge in [-0.3, -0.25) is 0 Å². The molecule has 0 aliphatic rings. The highest BCUT2D eigenvalue weighted by molar-refractivity contribution is 7.98. The predicted octanol–water partition coefficient (Wildman–Crippen LogP) is 4.27. The third-order valence-electron chi connectivity index (χ3n) is 2.91. The zero-order chi connectivity index (χ0) is 12.0. The van der Waals surface area contributed by atoms with Crippen molar-refractivity contribution >= 4 is 11.8 Å². The Kier molecular flexibility index (Phi) is 5.93. The lowest BCUT2D eigenvalue weighted by Crippen LogP contribution is -2.04. The van der Waals surface area contributed by atoms with E-state index < -0.39 is 0 Å². The van der Waals surface area contributed by atoms with Crippen LogP contribution in [-0.2, 0) is 0 Å². The largest absolute Gasteiger partial charge is 0.388 e. The molecule has 2 heteroatoms. The number of benzene rings is 1. The van der Waals surface area contributed by atoms with Gasteiger partial charge in [0, 0.05) is 4.90 Å². The highest BCUT2D eigenvalue weighted by Gasteiger charge is 2.11. The first kappa shape index (κ1) is 13.6. The van der Waals surface area contributed by atoms with Gasteiger partial charge in [0.1, 0.15) is 0 Å². The second kappa shape index (κ2) is 6.97. The van der Waals surface area contributed by atoms with Crippen LogP contribution in [0.5, 0.6) is 0 Å². The average molecular weight is 238 g/mol. The van der Waals surface area contributed by atoms with Crippen LogP contribution in [0, 0.1) is 5.92 Å². The first-order valence-electron chi connectivity index (χ1n) is 5.99. The normalized spacial score (nSPS) is 14.8. The average Bonchev–Trinajstić information content (AvgIpc) is 2.29. The molecule has 0 saturated heterocycles. The van der Waals surface area contributed by atoms with Gasteiger partial charge in [-0.2, -0.15) is 0 Å². The maximum absolute atomic E-state index is 10.1. The highest BCUT2D eigenvalue weighted by Crippen LogP contribution is 2.25. The number of aliphatic hydroxyl groups excluding tert-OH is 1. The van der Waals surface area contributed by atoms with E-state index >= 15 is 0 Å². The molecule has 0 saturated carbocycles. The Bertz CT molecular complexity index is 294. The molecule has 0 bridgehead atoms. The van der Waals surface area contributed by atoms with E-state index in [0.717, 1.165) is 12.0 Å². The Morgan fingerprint density at radius 1 is 1.25 bits per heavy atom. The molecule has 16 heavy (non-hydrogen) atoms. The van der Waals surface area contributed by atoms with E-state index in [2.05, 4.69) is 32.2 Å². The van der Waals surface area contributed by atoms with Crippen LogP contribution in [0.4, 0.5) is 0 Å². The van der Waals surface area contributed by atoms with Crippen LogP contribution < -0.4 is 0 Å². The van der Waals surface area contributed by atoms with Gasteiger partial charge < -0.3 is 5.11 Å². The van der Waals surface area contributed by atoms with Crippen molar-refractivity contribution in [1.82, 2.24) is 0 Å². The van der Waals surface area contributed by atoms with Crippen LogP contribution in [0.2, 0.25) is 0 Å². The smallest absolute Gasteiger partial charge is 0.0792 e. The summed E-state index contributed by atoms with van der Waals surface area (Å²) >= 11 is 1.73. The maximum atomic E-state index is 10.1. The molecule has 0 aliphatic carbocycles. The van der Waals surface area contributed by atoms with Gasteiger partial charge in [-0.05, 0) is 36.3 Å². The molecule has 0 spiro atoms. The second-order valence-electron chi connectivity index (χ2n) is 4.42. The Morgan fingerprint density at radius 3 is 2.38 bits per heavy atom. The number of aliphatic hydroxyl groups is 1. The van der Waals surface area contributed by atoms with Gasteiger partial charge in [-0.15, -0.1) is 11.8 Å². The van der Waals surface area contributed by atoms with Crippen molar-refractivity contribution in [2.24, 2.45) is 5.92 Å². The third-order valence-corrected chi connectivity index (χ3v) is 3.65. The van der Waals surface area contributed by atoms with Crippen molar-refractivity contribution < 1.29 is 5.11 Å². The van der Waals surface area contributed by atoms with E-state index in [9.17, 15) is 5.11 Å². The first-order chi connectivity index (χ1) is 7.67. The molecular formula is C14H22OS. The Hall–Kier alpha value is -0.470. The lowest BCUT2D eigenvalue weighted by atomic mass is 9.95. The summed E-state index contributed by atoms with van der Waals surface area (Å²) in [6.45, 7) is 4.40. The maximum Gasteiger partial charge on any atom is 0.0792 e. The number of hydrogen-bond donors (Lipinski definition) is 1. The summed E-state index contributed by atoms with van der Waals surface area (Å²) in [5, 5.41) is 10.1. The fourth-order valence-electron chi connectivity index (χ4n) is 1.95. The van der Waals surface area contributed by atoms with Gasteiger partial charge in [0.05, 0.1) is 6.10 Å². The SMILES string of the molecule is CCCC(C)CC(O)c1ccc(SC)cc1. The summed E-state index contributed by atoms with van der Waals surface area (Å²) in [4.78, 5) is 1.25. The van der Waals surface area contributed by atoms with Gasteiger partial charge in [0.25, 0.3) is 0 Å². The quantitative estimate of drug-likeness (QED) is 0.747. The molecule has 1 rings (SSSR count). The van der Waals surface area contributed by atoms with E-state index in [4.69, 9.17) is 0 Å². The van der Waals surface area contributed by atoms with E-state index in [0.29, 0.717) is 5.92 Å². The van der Waals surface area contributed by atoms with Gasteiger partial charge in [-0.25, -0.2) is 0 Å². The number of thioether (sulfide) groups is 1. The Labute approximate surface area is 103 Å². The van der Waals surface area contributed by atoms with Crippen molar-refractivity contribution in [3.05, 3.63) is 29.8 Å². The molecule has 1 nitrogen and oxygen atoms in total. The Balaban J connectivity index is 2.55. The van der Waals surface area contributed by atoms with Crippen LogP contribution in [0.25, 0.3) is 0 Å². The molecule has 0 aliphatic heterocycles. The number of hydrogen-bond acceptors (Lipinski definition) is 2. The number of rotatable bonds is 6. The van der Waals surface area contributed by atoms with E-state index in [1.807, 2.05) is 12.1 Å². The van der Waals surface area contributed by atoms with Crippen LogP contribution in [0.1, 0.15) is 44.8 Å². The topological polar surface area (TPSA) is 20.2 Å². The second-order valence-corrected chi connectivity index (χ2v) is 5.30. The molecular weight excluding hydrogens is 216 g/mol. The van der Waals surface area contributed by atoms with E-state index in [1.165, 1.54) is 17.7 Å². The van der Waals surface area contributed by atoms with Gasteiger partial charge in [0.15, 0.2) is 0 Å². The lowest BCUT2D eigenvalue weighted by molar-refractivity contribution is 0.145. The lowest BCUT2D eigenvalue weighted by Gasteiger charge is -2.16. The summed E-state index contributed by atoms with van der Waals surface area (Å²) < 4.78 is 0. The van der Waals surface area contributed by atoms with Crippen molar-refractivity contribution in [3.8, 4) is 0 Å². The van der Waals surface area contributed by atoms with Crippen molar-refractivity contribution in [3.63, 3.8) is 0 Å². The minimum absolute atomic E-state index is 0.308. The summed E-state index contributed by atoms with van der Waals surface area (Å²) in [5.74, 6) is 0.597. The van der Waals surface area contributed by atoms with Crippen LogP contribution in [0.15, 0.2) is 29.2 Å². The summed E-state index contributed by atoms with van der Waals surface area (Å²) in [5.41, 5.74) is 1.04. The monoisotopic (exact) mass is 238 g/mol. The molecule has 0 heterocycles. The summed E-state index contributed by atoms with van der Waals surface area (Å²) in [6.07, 6.45) is 5.01. The van der Waals surface area contributed by atoms with Gasteiger partial charge in [0.2, 0.25) is 0 Å². The molecule has 1 aromatic carbocycles. The van der Waals surface area contributed by atoms with Crippen LogP contribution >= 0.6 is 11.8 Å². The molecule has 90 valence electrons. The van der Waals surface area contributed by atoms with Crippen LogP contribution in [-0.4, -0.2) is 11.4 Å². The Morgan fingerprint density at radius 2 is 1.88 bits per heavy atom. The molecule has 0 radical (unpaired) electrons. The molecule has 0 fully saturated rings. The molecule has 1 N–H and O–H groups in total. The molecule has 1 aromatic rings. The fraction of sp³-hybridized carbons (Fsp3) is 0.571. The van der Waals surface area contributed by atoms with E-state index in [-0.39, 0.29) is 6.10 Å². The van der Waals surface area contributed by atoms with Crippen LogP contribution in [0.3, 0.4) is 0 Å². The first-order valence-corrected chi connectivity index (χ1v) is 7.21. The van der Waals surface area contributed by atoms with Crippen molar-refractivity contribution in [2.75, 3.05) is 6.26 Å². The standard InChI is InChI=1S/C14H22OS/c1-4-5-11(2)10-14(15)12-6-8-13(16-3)9-7-12/h6-9,11,14-15H,4-5,10H2,1-3H3. The van der Waals surface area contributed by atoms with Crippen molar-refractivity contribution in [2.45, 2.75) is 44.1 Å². The minimum Gasteiger partial charge on any atom is -0.388 e. The van der Waals surface area contributed by atoms with Crippen molar-refractivity contribution in [1.29, 1.82) is 0 Å². The molecule has 0 aromatic heterocycles. The molecule has 2 atom stereocenters. The third kappa shape index (κ3) is 4.18.